The number of hydrogen-bond donors (Lipinski definition) is 1. The van der Waals surface area contributed by atoms with Gasteiger partial charge in [0.15, 0.2) is 0 Å². The maximum absolute atomic E-state index is 10.2. The Morgan fingerprint density at radius 3 is 2.44 bits per heavy atom. The minimum Gasteiger partial charge on any atom is -0.329 e. The van der Waals surface area contributed by atoms with Crippen molar-refractivity contribution in [2.75, 3.05) is 18.4 Å². The molecule has 0 atom stereocenters. The van der Waals surface area contributed by atoms with Gasteiger partial charge in [0.2, 0.25) is 6.41 Å². The van der Waals surface area contributed by atoms with Crippen LogP contribution in [0.4, 0.5) is 5.69 Å². The lowest BCUT2D eigenvalue weighted by Gasteiger charge is -2.25. The lowest BCUT2D eigenvalue weighted by molar-refractivity contribution is -0.105. The van der Waals surface area contributed by atoms with Crippen molar-refractivity contribution < 1.29 is 6.22 Å². The zero-order chi connectivity index (χ0) is 18.7. The molecule has 2 aromatic heterocycles. The molecule has 1 amide bonds. The van der Waals surface area contributed by atoms with Crippen LogP contribution in [0.3, 0.4) is 0 Å². The van der Waals surface area contributed by atoms with Crippen molar-refractivity contribution in [3.63, 3.8) is 0 Å². The lowest BCUT2D eigenvalue weighted by atomic mass is 10.1. The van der Waals surface area contributed by atoms with Crippen LogP contribution in [0.25, 0.3) is 5.69 Å². The van der Waals surface area contributed by atoms with Crippen LogP contribution in [0, 0.1) is 0 Å². The quantitative estimate of drug-likeness (QED) is 0.700. The number of carbonyl (C=O) groups excluding carboxylic acids is 1. The summed E-state index contributed by atoms with van der Waals surface area (Å²) in [5.41, 5.74) is 2.94. The lowest BCUT2D eigenvalue weighted by Crippen LogP contribution is -2.29. The van der Waals surface area contributed by atoms with Gasteiger partial charge in [0.25, 0.3) is 0 Å². The Kier molecular flexibility index (Phi) is 7.12. The Hall–Kier alpha value is -2.99. The smallest absolute Gasteiger partial charge is 0.211 e. The number of benzene rings is 1. The molecule has 0 aliphatic carbocycles. The number of nitrogens with one attached hydrogen (secondary N) is 1. The summed E-state index contributed by atoms with van der Waals surface area (Å²) in [6.07, 6.45) is 10.2. The van der Waals surface area contributed by atoms with Crippen molar-refractivity contribution in [3.8, 4) is 5.69 Å². The number of likely N-dealkylation sites (tertiary alicyclic amines) is 1. The van der Waals surface area contributed by atoms with E-state index in [1.807, 2.05) is 48.8 Å². The zero-order valence-corrected chi connectivity index (χ0v) is 15.4. The average molecular weight is 365 g/mol. The van der Waals surface area contributed by atoms with E-state index < -0.39 is 0 Å². The maximum Gasteiger partial charge on any atom is 0.211 e. The van der Waals surface area contributed by atoms with Crippen molar-refractivity contribution in [1.82, 2.24) is 19.7 Å². The van der Waals surface area contributed by atoms with Crippen LogP contribution >= 0.6 is 0 Å². The number of aromatic nitrogens is 3. The predicted molar refractivity (Wildman–Crippen MR) is 109 cm³/mol. The number of piperidine rings is 1. The summed E-state index contributed by atoms with van der Waals surface area (Å²) in [5, 5.41) is 6.66. The molecule has 3 aromatic rings. The molecule has 3 heterocycles. The third-order valence-corrected chi connectivity index (χ3v) is 4.42. The predicted octanol–water partition coefficient (Wildman–Crippen LogP) is 3.75. The van der Waals surface area contributed by atoms with Crippen molar-refractivity contribution in [3.05, 3.63) is 72.8 Å². The molecule has 0 spiro atoms. The molecule has 0 radical (unpaired) electrons. The van der Waals surface area contributed by atoms with Gasteiger partial charge in [-0.2, -0.15) is 5.10 Å². The molecule has 1 saturated heterocycles. The summed E-state index contributed by atoms with van der Waals surface area (Å²) in [6, 6.07) is 15.4. The highest BCUT2D eigenvalue weighted by Crippen LogP contribution is 2.12. The fraction of sp³-hybridized carbons (Fsp3) is 0.286. The topological polar surface area (TPSA) is 63.1 Å². The average Bonchev–Trinajstić information content (AvgIpc) is 3.26. The molecule has 1 N–H and O–H groups in total. The molecule has 0 bridgehead atoms. The van der Waals surface area contributed by atoms with E-state index in [0.29, 0.717) is 6.41 Å². The fourth-order valence-electron chi connectivity index (χ4n) is 3.04. The van der Waals surface area contributed by atoms with Gasteiger partial charge in [0, 0.05) is 32.2 Å². The summed E-state index contributed by atoms with van der Waals surface area (Å²) in [5.74, 6) is 0. The van der Waals surface area contributed by atoms with Gasteiger partial charge in [0.1, 0.15) is 0 Å². The van der Waals surface area contributed by atoms with Crippen molar-refractivity contribution in [2.45, 2.75) is 25.8 Å². The maximum atomic E-state index is 10.2. The second-order valence-electron chi connectivity index (χ2n) is 6.42. The molecule has 1 aliphatic rings. The Bertz CT molecular complexity index is 787. The van der Waals surface area contributed by atoms with Gasteiger partial charge < -0.3 is 5.32 Å². The number of rotatable bonds is 5. The number of anilines is 1. The van der Waals surface area contributed by atoms with Crippen LogP contribution in [0.1, 0.15) is 26.4 Å². The first-order chi connectivity index (χ1) is 13.3. The van der Waals surface area contributed by atoms with E-state index in [9.17, 15) is 4.79 Å². The van der Waals surface area contributed by atoms with Gasteiger partial charge in [-0.1, -0.05) is 12.5 Å². The highest BCUT2D eigenvalue weighted by Gasteiger charge is 2.10. The van der Waals surface area contributed by atoms with Crippen LogP contribution in [0.5, 0.6) is 0 Å². The molecule has 6 nitrogen and oxygen atoms in total. The summed E-state index contributed by atoms with van der Waals surface area (Å²) in [6.45, 7) is 3.52. The number of nitrogens with zero attached hydrogens (tertiary/aromatic N) is 4. The SMILES string of the molecule is O=CNc1ccc(-n2cccn2)cc1.[HH].c1ccc(CN2CCCCC2)nc1. The first-order valence-corrected chi connectivity index (χ1v) is 9.28. The highest BCUT2D eigenvalue weighted by atomic mass is 16.1. The minimum absolute atomic E-state index is 0. The molecule has 0 saturated carbocycles. The Morgan fingerprint density at radius 2 is 1.81 bits per heavy atom. The van der Waals surface area contributed by atoms with Crippen LogP contribution in [-0.4, -0.2) is 39.2 Å². The van der Waals surface area contributed by atoms with Crippen LogP contribution in [0.2, 0.25) is 0 Å². The third kappa shape index (κ3) is 6.04. The summed E-state index contributed by atoms with van der Waals surface area (Å²) < 4.78 is 1.75. The number of carbonyl (C=O) groups is 1. The van der Waals surface area contributed by atoms with E-state index in [1.54, 1.807) is 10.9 Å². The highest BCUT2D eigenvalue weighted by molar-refractivity contribution is 5.71. The van der Waals surface area contributed by atoms with Crippen LogP contribution in [-0.2, 0) is 11.3 Å². The van der Waals surface area contributed by atoms with E-state index >= 15 is 0 Å². The molecule has 6 heteroatoms. The normalized spacial score (nSPS) is 14.1. The molecular formula is C21H27N5O. The number of amides is 1. The molecule has 142 valence electrons. The van der Waals surface area contributed by atoms with Crippen LogP contribution < -0.4 is 5.32 Å². The zero-order valence-electron chi connectivity index (χ0n) is 15.4. The first-order valence-electron chi connectivity index (χ1n) is 9.28. The second-order valence-corrected chi connectivity index (χ2v) is 6.42. The van der Waals surface area contributed by atoms with Crippen molar-refractivity contribution in [1.29, 1.82) is 0 Å². The largest absolute Gasteiger partial charge is 0.329 e. The van der Waals surface area contributed by atoms with E-state index in [1.165, 1.54) is 38.0 Å². The van der Waals surface area contributed by atoms with Gasteiger partial charge in [-0.15, -0.1) is 0 Å². The molecule has 27 heavy (non-hydrogen) atoms. The van der Waals surface area contributed by atoms with Gasteiger partial charge in [-0.3, -0.25) is 14.7 Å². The summed E-state index contributed by atoms with van der Waals surface area (Å²) >= 11 is 0. The van der Waals surface area contributed by atoms with Gasteiger partial charge in [0.05, 0.1) is 11.4 Å². The number of hydrogen-bond acceptors (Lipinski definition) is 4. The fourth-order valence-corrected chi connectivity index (χ4v) is 3.04. The van der Waals surface area contributed by atoms with Gasteiger partial charge in [-0.25, -0.2) is 4.68 Å². The molecule has 0 unspecified atom stereocenters. The van der Waals surface area contributed by atoms with E-state index in [2.05, 4.69) is 32.4 Å². The van der Waals surface area contributed by atoms with Gasteiger partial charge >= 0.3 is 0 Å². The minimum atomic E-state index is 0. The summed E-state index contributed by atoms with van der Waals surface area (Å²) in [7, 11) is 0. The molecular weight excluding hydrogens is 338 g/mol. The number of pyridine rings is 1. The molecule has 1 aromatic carbocycles. The Labute approximate surface area is 161 Å². The van der Waals surface area contributed by atoms with E-state index in [0.717, 1.165) is 17.9 Å². The summed E-state index contributed by atoms with van der Waals surface area (Å²) in [4.78, 5) is 17.0. The van der Waals surface area contributed by atoms with Gasteiger partial charge in [-0.05, 0) is 68.4 Å². The monoisotopic (exact) mass is 365 g/mol. The molecule has 1 aliphatic heterocycles. The molecule has 1 fully saturated rings. The van der Waals surface area contributed by atoms with E-state index in [-0.39, 0.29) is 1.43 Å². The van der Waals surface area contributed by atoms with Crippen LogP contribution in [0.15, 0.2) is 67.1 Å². The van der Waals surface area contributed by atoms with E-state index in [4.69, 9.17) is 0 Å². The Morgan fingerprint density at radius 1 is 1.00 bits per heavy atom. The first kappa shape index (κ1) is 18.8. The van der Waals surface area contributed by atoms with Crippen molar-refractivity contribution >= 4 is 12.1 Å². The third-order valence-electron chi connectivity index (χ3n) is 4.42. The second kappa shape index (κ2) is 10.2. The molecule has 4 rings (SSSR count). The van der Waals surface area contributed by atoms with Crippen molar-refractivity contribution in [2.24, 2.45) is 0 Å². The standard InChI is InChI=1S/C11H16N2.C10H9N3O.H2/c1-4-8-13(9-5-1)10-11-6-2-3-7-12-11;14-8-11-9-2-4-10(5-3-9)13-7-1-6-12-13;/h2-3,6-7H,1,4-5,8-10H2;1-8H,(H,11,14);1H. The Balaban J connectivity index is 0.000000194.